The Morgan fingerprint density at radius 3 is 2.52 bits per heavy atom. The minimum atomic E-state index is -0.747. The molecule has 2 aromatic carbocycles. The standard InChI is InChI=1S/C19H20N2O2/c1-13-7-14(2)9-17(8-13)21-19(22)16(12-20)10-15-5-4-6-18(11-15)23-3/h4-9,11,16H,10H2,1-3H3,(H,21,22)/t16-/m1/s1. The second-order valence-corrected chi connectivity index (χ2v) is 5.60. The normalized spacial score (nSPS) is 11.4. The van der Waals surface area contributed by atoms with Crippen molar-refractivity contribution in [2.75, 3.05) is 12.4 Å². The number of nitrogens with zero attached hydrogens (tertiary/aromatic N) is 1. The summed E-state index contributed by atoms with van der Waals surface area (Å²) < 4.78 is 5.17. The molecule has 0 aromatic heterocycles. The Balaban J connectivity index is 2.10. The molecule has 0 aliphatic carbocycles. The van der Waals surface area contributed by atoms with Crippen LogP contribution >= 0.6 is 0 Å². The third-order valence-corrected chi connectivity index (χ3v) is 3.54. The molecule has 0 spiro atoms. The molecule has 0 aliphatic rings. The number of hydrogen-bond donors (Lipinski definition) is 1. The quantitative estimate of drug-likeness (QED) is 0.917. The second kappa shape index (κ2) is 7.46. The van der Waals surface area contributed by atoms with E-state index in [1.54, 1.807) is 7.11 Å². The topological polar surface area (TPSA) is 62.1 Å². The van der Waals surface area contributed by atoms with Gasteiger partial charge in [0.2, 0.25) is 5.91 Å². The largest absolute Gasteiger partial charge is 0.497 e. The van der Waals surface area contributed by atoms with E-state index in [-0.39, 0.29) is 5.91 Å². The highest BCUT2D eigenvalue weighted by Gasteiger charge is 2.19. The van der Waals surface area contributed by atoms with Crippen LogP contribution in [0.25, 0.3) is 0 Å². The number of carbonyl (C=O) groups is 1. The lowest BCUT2D eigenvalue weighted by Crippen LogP contribution is -2.23. The van der Waals surface area contributed by atoms with Gasteiger partial charge in [-0.3, -0.25) is 4.79 Å². The van der Waals surface area contributed by atoms with Gasteiger partial charge in [-0.2, -0.15) is 5.26 Å². The van der Waals surface area contributed by atoms with Gasteiger partial charge < -0.3 is 10.1 Å². The van der Waals surface area contributed by atoms with Crippen molar-refractivity contribution in [2.45, 2.75) is 20.3 Å². The Morgan fingerprint density at radius 1 is 1.22 bits per heavy atom. The van der Waals surface area contributed by atoms with E-state index in [9.17, 15) is 10.1 Å². The number of carbonyl (C=O) groups excluding carboxylic acids is 1. The van der Waals surface area contributed by atoms with Crippen LogP contribution in [0.15, 0.2) is 42.5 Å². The molecule has 0 heterocycles. The minimum absolute atomic E-state index is 0.291. The number of hydrogen-bond acceptors (Lipinski definition) is 3. The van der Waals surface area contributed by atoms with E-state index >= 15 is 0 Å². The highest BCUT2D eigenvalue weighted by atomic mass is 16.5. The van der Waals surface area contributed by atoms with Crippen molar-refractivity contribution >= 4 is 11.6 Å². The number of amides is 1. The lowest BCUT2D eigenvalue weighted by Gasteiger charge is -2.12. The third kappa shape index (κ3) is 4.58. The molecular weight excluding hydrogens is 288 g/mol. The van der Waals surface area contributed by atoms with Gasteiger partial charge in [0.1, 0.15) is 11.7 Å². The van der Waals surface area contributed by atoms with Crippen molar-refractivity contribution in [1.29, 1.82) is 5.26 Å². The van der Waals surface area contributed by atoms with Crippen molar-refractivity contribution in [3.05, 3.63) is 59.2 Å². The predicted octanol–water partition coefficient (Wildman–Crippen LogP) is 3.63. The van der Waals surface area contributed by atoms with E-state index in [1.807, 2.05) is 56.3 Å². The van der Waals surface area contributed by atoms with Crippen LogP contribution in [0.5, 0.6) is 5.75 Å². The molecule has 2 aromatic rings. The SMILES string of the molecule is COc1cccc(C[C@H](C#N)C(=O)Nc2cc(C)cc(C)c2)c1. The van der Waals surface area contributed by atoms with Gasteiger partial charge in [-0.25, -0.2) is 0 Å². The zero-order valence-electron chi connectivity index (χ0n) is 13.6. The first-order valence-corrected chi connectivity index (χ1v) is 7.43. The molecule has 4 nitrogen and oxygen atoms in total. The first kappa shape index (κ1) is 16.6. The molecule has 1 atom stereocenters. The Kier molecular flexibility index (Phi) is 5.37. The van der Waals surface area contributed by atoms with E-state index < -0.39 is 5.92 Å². The van der Waals surface area contributed by atoms with Crippen LogP contribution in [0.2, 0.25) is 0 Å². The third-order valence-electron chi connectivity index (χ3n) is 3.54. The van der Waals surface area contributed by atoms with Crippen LogP contribution in [-0.2, 0) is 11.2 Å². The van der Waals surface area contributed by atoms with Gasteiger partial charge in [0.05, 0.1) is 13.2 Å². The monoisotopic (exact) mass is 308 g/mol. The maximum absolute atomic E-state index is 12.4. The zero-order chi connectivity index (χ0) is 16.8. The van der Waals surface area contributed by atoms with Crippen LogP contribution in [0.4, 0.5) is 5.69 Å². The summed E-state index contributed by atoms with van der Waals surface area (Å²) in [4.78, 5) is 12.4. The molecule has 0 radical (unpaired) electrons. The van der Waals surface area contributed by atoms with E-state index in [2.05, 4.69) is 11.4 Å². The number of nitrogens with one attached hydrogen (secondary N) is 1. The number of aryl methyl sites for hydroxylation is 2. The summed E-state index contributed by atoms with van der Waals surface area (Å²) >= 11 is 0. The smallest absolute Gasteiger partial charge is 0.242 e. The number of ether oxygens (including phenoxy) is 1. The van der Waals surface area contributed by atoms with Crippen molar-refractivity contribution in [2.24, 2.45) is 5.92 Å². The minimum Gasteiger partial charge on any atom is -0.497 e. The average molecular weight is 308 g/mol. The molecule has 0 fully saturated rings. The Bertz CT molecular complexity index is 727. The highest BCUT2D eigenvalue weighted by molar-refractivity contribution is 5.94. The number of methoxy groups -OCH3 is 1. The number of benzene rings is 2. The molecule has 1 N–H and O–H groups in total. The van der Waals surface area contributed by atoms with Gasteiger partial charge in [0.25, 0.3) is 0 Å². The maximum Gasteiger partial charge on any atom is 0.242 e. The van der Waals surface area contributed by atoms with Crippen LogP contribution in [0.3, 0.4) is 0 Å². The van der Waals surface area contributed by atoms with E-state index in [1.165, 1.54) is 0 Å². The average Bonchev–Trinajstić information content (AvgIpc) is 2.51. The zero-order valence-corrected chi connectivity index (χ0v) is 13.6. The molecular formula is C19H20N2O2. The fourth-order valence-corrected chi connectivity index (χ4v) is 2.51. The first-order chi connectivity index (χ1) is 11.0. The van der Waals surface area contributed by atoms with Gasteiger partial charge in [-0.15, -0.1) is 0 Å². The molecule has 118 valence electrons. The molecule has 23 heavy (non-hydrogen) atoms. The first-order valence-electron chi connectivity index (χ1n) is 7.43. The van der Waals surface area contributed by atoms with E-state index in [0.717, 1.165) is 22.4 Å². The number of nitriles is 1. The van der Waals surface area contributed by atoms with Gasteiger partial charge in [-0.05, 0) is 61.2 Å². The summed E-state index contributed by atoms with van der Waals surface area (Å²) in [5.74, 6) is -0.322. The predicted molar refractivity (Wildman–Crippen MR) is 90.3 cm³/mol. The van der Waals surface area contributed by atoms with Crippen LogP contribution in [-0.4, -0.2) is 13.0 Å². The van der Waals surface area contributed by atoms with Crippen molar-refractivity contribution < 1.29 is 9.53 Å². The fraction of sp³-hybridized carbons (Fsp3) is 0.263. The molecule has 4 heteroatoms. The van der Waals surface area contributed by atoms with Crippen LogP contribution in [0.1, 0.15) is 16.7 Å². The van der Waals surface area contributed by atoms with E-state index in [0.29, 0.717) is 12.2 Å². The fourth-order valence-electron chi connectivity index (χ4n) is 2.51. The molecule has 2 rings (SSSR count). The molecule has 0 saturated heterocycles. The Labute approximate surface area is 136 Å². The number of rotatable bonds is 5. The molecule has 0 aliphatic heterocycles. The molecule has 0 unspecified atom stereocenters. The van der Waals surface area contributed by atoms with E-state index in [4.69, 9.17) is 4.74 Å². The van der Waals surface area contributed by atoms with Gasteiger partial charge in [0, 0.05) is 5.69 Å². The Morgan fingerprint density at radius 2 is 1.91 bits per heavy atom. The highest BCUT2D eigenvalue weighted by Crippen LogP contribution is 2.18. The summed E-state index contributed by atoms with van der Waals surface area (Å²) in [6.07, 6.45) is 0.352. The maximum atomic E-state index is 12.4. The summed E-state index contributed by atoms with van der Waals surface area (Å²) in [7, 11) is 1.59. The lowest BCUT2D eigenvalue weighted by molar-refractivity contribution is -0.118. The summed E-state index contributed by atoms with van der Waals surface area (Å²) in [5, 5.41) is 12.2. The van der Waals surface area contributed by atoms with Crippen LogP contribution in [0, 0.1) is 31.1 Å². The van der Waals surface area contributed by atoms with Gasteiger partial charge in [-0.1, -0.05) is 18.2 Å². The van der Waals surface area contributed by atoms with Crippen molar-refractivity contribution in [3.8, 4) is 11.8 Å². The number of anilines is 1. The molecule has 0 bridgehead atoms. The van der Waals surface area contributed by atoms with Crippen molar-refractivity contribution in [1.82, 2.24) is 0 Å². The van der Waals surface area contributed by atoms with Gasteiger partial charge >= 0.3 is 0 Å². The Hall–Kier alpha value is -2.80. The van der Waals surface area contributed by atoms with Gasteiger partial charge in [0.15, 0.2) is 0 Å². The van der Waals surface area contributed by atoms with Crippen LogP contribution < -0.4 is 10.1 Å². The summed E-state index contributed by atoms with van der Waals surface area (Å²) in [6, 6.07) is 15.3. The molecule has 1 amide bonds. The van der Waals surface area contributed by atoms with Crippen molar-refractivity contribution in [3.63, 3.8) is 0 Å². The summed E-state index contributed by atoms with van der Waals surface area (Å²) in [6.45, 7) is 3.95. The molecule has 0 saturated carbocycles. The summed E-state index contributed by atoms with van der Waals surface area (Å²) in [5.41, 5.74) is 3.76. The second-order valence-electron chi connectivity index (χ2n) is 5.60. The lowest BCUT2D eigenvalue weighted by atomic mass is 9.99.